The molecule has 0 bridgehead atoms. The lowest BCUT2D eigenvalue weighted by Gasteiger charge is -2.29. The first-order valence-electron chi connectivity index (χ1n) is 6.22. The molecule has 96 valence electrons. The van der Waals surface area contributed by atoms with Crippen LogP contribution in [0.4, 0.5) is 11.5 Å². The molecule has 0 radical (unpaired) electrons. The second-order valence-corrected chi connectivity index (χ2v) is 4.91. The monoisotopic (exact) mass is 245 g/mol. The van der Waals surface area contributed by atoms with Gasteiger partial charge in [0, 0.05) is 19.1 Å². The first kappa shape index (κ1) is 12.7. The van der Waals surface area contributed by atoms with Gasteiger partial charge in [0.2, 0.25) is 0 Å². The predicted octanol–water partition coefficient (Wildman–Crippen LogP) is 1.07. The number of hydrogen-bond donors (Lipinski definition) is 1. The fourth-order valence-corrected chi connectivity index (χ4v) is 2.47. The van der Waals surface area contributed by atoms with E-state index in [2.05, 4.69) is 34.8 Å². The van der Waals surface area contributed by atoms with Gasteiger partial charge in [0.25, 0.3) is 0 Å². The molecule has 0 aromatic carbocycles. The highest BCUT2D eigenvalue weighted by atomic mass is 15.3. The van der Waals surface area contributed by atoms with Gasteiger partial charge in [-0.2, -0.15) is 5.26 Å². The molecule has 1 aliphatic heterocycles. The second kappa shape index (κ2) is 5.23. The van der Waals surface area contributed by atoms with Crippen molar-refractivity contribution < 1.29 is 0 Å². The van der Waals surface area contributed by atoms with Gasteiger partial charge in [-0.3, -0.25) is 0 Å². The fraction of sp³-hybridized carbons (Fsp3) is 0.538. The van der Waals surface area contributed by atoms with Gasteiger partial charge in [-0.1, -0.05) is 0 Å². The maximum atomic E-state index is 9.20. The number of nitrogens with zero attached hydrogens (tertiary/aromatic N) is 4. The lowest BCUT2D eigenvalue weighted by Crippen LogP contribution is -2.38. The molecule has 18 heavy (non-hydrogen) atoms. The molecule has 5 heteroatoms. The molecule has 0 amide bonds. The molecular formula is C13H19N5. The van der Waals surface area contributed by atoms with E-state index < -0.39 is 0 Å². The predicted molar refractivity (Wildman–Crippen MR) is 72.3 cm³/mol. The van der Waals surface area contributed by atoms with Crippen LogP contribution in [0.2, 0.25) is 0 Å². The van der Waals surface area contributed by atoms with Crippen LogP contribution in [0.15, 0.2) is 12.3 Å². The number of aromatic nitrogens is 1. The molecule has 1 aromatic rings. The summed E-state index contributed by atoms with van der Waals surface area (Å²) in [4.78, 5) is 8.87. The standard InChI is InChI=1S/C13H19N5/c1-10-9-17(2)4-3-5-18(10)13-11(7-14)6-12(15)8-16-13/h6,8,10H,3-5,9,15H2,1-2H3. The van der Waals surface area contributed by atoms with Gasteiger partial charge in [-0.25, -0.2) is 4.98 Å². The van der Waals surface area contributed by atoms with E-state index in [9.17, 15) is 5.26 Å². The Kier molecular flexibility index (Phi) is 3.68. The summed E-state index contributed by atoms with van der Waals surface area (Å²) in [5.74, 6) is 0.759. The molecule has 1 fully saturated rings. The van der Waals surface area contributed by atoms with Crippen LogP contribution >= 0.6 is 0 Å². The first-order valence-corrected chi connectivity index (χ1v) is 6.22. The number of pyridine rings is 1. The average molecular weight is 245 g/mol. The van der Waals surface area contributed by atoms with Gasteiger partial charge in [-0.15, -0.1) is 0 Å². The van der Waals surface area contributed by atoms with Crippen molar-refractivity contribution in [2.24, 2.45) is 0 Å². The van der Waals surface area contributed by atoms with E-state index in [4.69, 9.17) is 5.73 Å². The number of hydrogen-bond acceptors (Lipinski definition) is 5. The molecule has 2 heterocycles. The highest BCUT2D eigenvalue weighted by Crippen LogP contribution is 2.23. The Morgan fingerprint density at radius 2 is 2.28 bits per heavy atom. The van der Waals surface area contributed by atoms with Crippen molar-refractivity contribution in [1.82, 2.24) is 9.88 Å². The van der Waals surface area contributed by atoms with Crippen LogP contribution in [0.3, 0.4) is 0 Å². The Hall–Kier alpha value is -1.80. The summed E-state index contributed by atoms with van der Waals surface area (Å²) in [6.07, 6.45) is 2.70. The summed E-state index contributed by atoms with van der Waals surface area (Å²) < 4.78 is 0. The topological polar surface area (TPSA) is 69.2 Å². The Morgan fingerprint density at radius 1 is 1.50 bits per heavy atom. The normalized spacial score (nSPS) is 21.4. The van der Waals surface area contributed by atoms with Crippen LogP contribution < -0.4 is 10.6 Å². The maximum Gasteiger partial charge on any atom is 0.146 e. The molecule has 5 nitrogen and oxygen atoms in total. The van der Waals surface area contributed by atoms with Crippen molar-refractivity contribution in [3.05, 3.63) is 17.8 Å². The Balaban J connectivity index is 2.32. The van der Waals surface area contributed by atoms with E-state index >= 15 is 0 Å². The number of likely N-dealkylation sites (N-methyl/N-ethyl adjacent to an activating group) is 1. The van der Waals surface area contributed by atoms with Gasteiger partial charge in [0.05, 0.1) is 17.4 Å². The minimum absolute atomic E-state index is 0.348. The zero-order valence-electron chi connectivity index (χ0n) is 10.9. The van der Waals surface area contributed by atoms with Crippen molar-refractivity contribution in [2.45, 2.75) is 19.4 Å². The van der Waals surface area contributed by atoms with E-state index in [1.54, 1.807) is 12.3 Å². The highest BCUT2D eigenvalue weighted by molar-refractivity contribution is 5.59. The van der Waals surface area contributed by atoms with E-state index in [1.807, 2.05) is 0 Å². The lowest BCUT2D eigenvalue weighted by molar-refractivity contribution is 0.337. The zero-order chi connectivity index (χ0) is 13.1. The first-order chi connectivity index (χ1) is 8.61. The number of nitriles is 1. The molecule has 1 saturated heterocycles. The van der Waals surface area contributed by atoms with Crippen molar-refractivity contribution in [3.8, 4) is 6.07 Å². The fourth-order valence-electron chi connectivity index (χ4n) is 2.47. The molecule has 0 spiro atoms. The summed E-state index contributed by atoms with van der Waals surface area (Å²) in [5, 5.41) is 9.20. The highest BCUT2D eigenvalue weighted by Gasteiger charge is 2.22. The van der Waals surface area contributed by atoms with E-state index in [0.717, 1.165) is 31.9 Å². The molecule has 0 saturated carbocycles. The zero-order valence-corrected chi connectivity index (χ0v) is 10.9. The molecule has 1 aromatic heterocycles. The van der Waals surface area contributed by atoms with E-state index in [0.29, 0.717) is 17.3 Å². The molecular weight excluding hydrogens is 226 g/mol. The summed E-state index contributed by atoms with van der Waals surface area (Å²) in [7, 11) is 2.13. The van der Waals surface area contributed by atoms with Crippen molar-refractivity contribution in [3.63, 3.8) is 0 Å². The number of anilines is 2. The maximum absolute atomic E-state index is 9.20. The third-order valence-electron chi connectivity index (χ3n) is 3.33. The van der Waals surface area contributed by atoms with Gasteiger partial charge in [-0.05, 0) is 33.0 Å². The lowest BCUT2D eigenvalue weighted by atomic mass is 10.2. The Labute approximate surface area is 108 Å². The van der Waals surface area contributed by atoms with Gasteiger partial charge < -0.3 is 15.5 Å². The summed E-state index contributed by atoms with van der Waals surface area (Å²) in [6.45, 7) is 5.16. The van der Waals surface area contributed by atoms with Crippen molar-refractivity contribution >= 4 is 11.5 Å². The quantitative estimate of drug-likeness (QED) is 0.801. The second-order valence-electron chi connectivity index (χ2n) is 4.91. The van der Waals surface area contributed by atoms with Gasteiger partial charge >= 0.3 is 0 Å². The van der Waals surface area contributed by atoms with Crippen LogP contribution in [0.5, 0.6) is 0 Å². The Morgan fingerprint density at radius 3 is 3.00 bits per heavy atom. The van der Waals surface area contributed by atoms with Crippen LogP contribution in [-0.2, 0) is 0 Å². The molecule has 2 rings (SSSR count). The Bertz CT molecular complexity index is 465. The smallest absolute Gasteiger partial charge is 0.146 e. The average Bonchev–Trinajstić information content (AvgIpc) is 2.50. The van der Waals surface area contributed by atoms with Crippen molar-refractivity contribution in [2.75, 3.05) is 37.3 Å². The molecule has 1 aliphatic rings. The van der Waals surface area contributed by atoms with E-state index in [1.165, 1.54) is 0 Å². The van der Waals surface area contributed by atoms with Crippen LogP contribution in [0, 0.1) is 11.3 Å². The third-order valence-corrected chi connectivity index (χ3v) is 3.33. The van der Waals surface area contributed by atoms with Crippen LogP contribution in [0.1, 0.15) is 18.9 Å². The van der Waals surface area contributed by atoms with E-state index in [-0.39, 0.29) is 0 Å². The summed E-state index contributed by atoms with van der Waals surface area (Å²) in [6, 6.07) is 4.23. The van der Waals surface area contributed by atoms with Crippen LogP contribution in [-0.4, -0.2) is 42.6 Å². The third kappa shape index (κ3) is 2.54. The minimum atomic E-state index is 0.348. The SMILES string of the molecule is CC1CN(C)CCCN1c1ncc(N)cc1C#N. The molecule has 2 N–H and O–H groups in total. The molecule has 1 atom stereocenters. The number of nitrogens with two attached hydrogens (primary N) is 1. The van der Waals surface area contributed by atoms with Crippen LogP contribution in [0.25, 0.3) is 0 Å². The number of nitrogen functional groups attached to an aromatic ring is 1. The minimum Gasteiger partial charge on any atom is -0.397 e. The molecule has 1 unspecified atom stereocenters. The summed E-state index contributed by atoms with van der Waals surface area (Å²) in [5.41, 5.74) is 6.78. The largest absolute Gasteiger partial charge is 0.397 e. The summed E-state index contributed by atoms with van der Waals surface area (Å²) >= 11 is 0. The number of rotatable bonds is 1. The van der Waals surface area contributed by atoms with Crippen molar-refractivity contribution in [1.29, 1.82) is 5.26 Å². The molecule has 0 aliphatic carbocycles. The van der Waals surface area contributed by atoms with Gasteiger partial charge in [0.1, 0.15) is 11.9 Å². The van der Waals surface area contributed by atoms with Gasteiger partial charge in [0.15, 0.2) is 0 Å².